The molecule has 0 heterocycles. The Bertz CT molecular complexity index is 227. The van der Waals surface area contributed by atoms with Crippen molar-refractivity contribution in [2.75, 3.05) is 6.26 Å². The van der Waals surface area contributed by atoms with E-state index in [1.165, 1.54) is 0 Å². The van der Waals surface area contributed by atoms with Crippen LogP contribution in [0.4, 0.5) is 4.20 Å². The van der Waals surface area contributed by atoms with E-state index in [1.807, 2.05) is 0 Å². The van der Waals surface area contributed by atoms with Gasteiger partial charge in [0.1, 0.15) is 0 Å². The fourth-order valence-electron chi connectivity index (χ4n) is 0.205. The third kappa shape index (κ3) is 8.03. The van der Waals surface area contributed by atoms with Gasteiger partial charge in [0.15, 0.2) is 0 Å². The molecule has 1 atom stereocenters. The van der Waals surface area contributed by atoms with E-state index in [-0.39, 0.29) is 0 Å². The molecule has 56 valence electrons. The lowest BCUT2D eigenvalue weighted by atomic mass is 12.0. The van der Waals surface area contributed by atoms with Crippen LogP contribution in [0.5, 0.6) is 0 Å². The van der Waals surface area contributed by atoms with Crippen LogP contribution in [0, 0.1) is 0 Å². The molecule has 0 amide bonds. The Hall–Kier alpha value is 0.0300. The molecule has 0 aliphatic rings. The average molecular weight is 177 g/mol. The minimum absolute atomic E-state index is 0.579. The molecular formula is CH5FNO4PS. The van der Waals surface area contributed by atoms with Gasteiger partial charge in [-0.2, -0.15) is 0 Å². The van der Waals surface area contributed by atoms with Crippen molar-refractivity contribution < 1.29 is 22.1 Å². The van der Waals surface area contributed by atoms with Gasteiger partial charge in [-0.3, -0.25) is 0 Å². The smallest absolute Gasteiger partial charge is 0.309 e. The Labute approximate surface area is 51.6 Å². The highest BCUT2D eigenvalue weighted by atomic mass is 32.2. The van der Waals surface area contributed by atoms with Crippen LogP contribution < -0.4 is 4.49 Å². The zero-order valence-corrected chi connectivity index (χ0v) is 6.12. The second-order valence-corrected chi connectivity index (χ2v) is 4.64. The van der Waals surface area contributed by atoms with Crippen LogP contribution in [0.25, 0.3) is 0 Å². The van der Waals surface area contributed by atoms with Crippen LogP contribution in [0.15, 0.2) is 0 Å². The summed E-state index contributed by atoms with van der Waals surface area (Å²) in [5.74, 6) is 0. The van der Waals surface area contributed by atoms with Crippen molar-refractivity contribution in [2.24, 2.45) is 0 Å². The van der Waals surface area contributed by atoms with E-state index >= 15 is 0 Å². The molecule has 9 heavy (non-hydrogen) atoms. The maximum absolute atomic E-state index is 11.5. The van der Waals surface area contributed by atoms with E-state index in [2.05, 4.69) is 0 Å². The van der Waals surface area contributed by atoms with Crippen LogP contribution in [-0.2, 0) is 14.6 Å². The normalized spacial score (nSPS) is 19.0. The molecule has 8 heteroatoms. The fraction of sp³-hybridized carbons (Fsp3) is 1.00. The first-order chi connectivity index (χ1) is 3.71. The fourth-order valence-corrected chi connectivity index (χ4v) is 1.84. The van der Waals surface area contributed by atoms with Crippen LogP contribution in [0.1, 0.15) is 0 Å². The molecule has 0 aromatic carbocycles. The third-order valence-corrected chi connectivity index (χ3v) is 2.51. The molecule has 0 rings (SSSR count). The summed E-state index contributed by atoms with van der Waals surface area (Å²) in [7, 11) is -9.05. The zero-order chi connectivity index (χ0) is 7.71. The summed E-state index contributed by atoms with van der Waals surface area (Å²) in [6, 6.07) is 0. The van der Waals surface area contributed by atoms with Gasteiger partial charge in [0.2, 0.25) is 10.0 Å². The Kier molecular flexibility index (Phi) is 2.35. The van der Waals surface area contributed by atoms with Gasteiger partial charge >= 0.3 is 7.83 Å². The molecule has 0 spiro atoms. The summed E-state index contributed by atoms with van der Waals surface area (Å²) >= 11 is 0. The maximum atomic E-state index is 11.5. The lowest BCUT2D eigenvalue weighted by Crippen LogP contribution is -2.16. The van der Waals surface area contributed by atoms with Crippen LogP contribution in [0.2, 0.25) is 0 Å². The lowest BCUT2D eigenvalue weighted by Gasteiger charge is -1.98. The first-order valence-corrected chi connectivity index (χ1v) is 5.16. The number of hydrogen-bond acceptors (Lipinski definition) is 3. The Morgan fingerprint density at radius 2 is 2.00 bits per heavy atom. The van der Waals surface area contributed by atoms with Gasteiger partial charge in [-0.25, -0.2) is 13.0 Å². The third-order valence-electron chi connectivity index (χ3n) is 0.278. The highest BCUT2D eigenvalue weighted by molar-refractivity contribution is 7.94. The second kappa shape index (κ2) is 2.34. The number of halogens is 1. The molecular weight excluding hydrogens is 172 g/mol. The van der Waals surface area contributed by atoms with Crippen LogP contribution >= 0.6 is 7.83 Å². The zero-order valence-electron chi connectivity index (χ0n) is 4.41. The van der Waals surface area contributed by atoms with Crippen molar-refractivity contribution in [1.82, 2.24) is 4.49 Å². The van der Waals surface area contributed by atoms with Crippen molar-refractivity contribution in [3.63, 3.8) is 0 Å². The van der Waals surface area contributed by atoms with Gasteiger partial charge in [-0.05, 0) is 0 Å². The van der Waals surface area contributed by atoms with Gasteiger partial charge in [-0.15, -0.1) is 8.69 Å². The van der Waals surface area contributed by atoms with Crippen molar-refractivity contribution in [3.05, 3.63) is 0 Å². The molecule has 0 aromatic rings. The maximum Gasteiger partial charge on any atom is 0.453 e. The molecule has 2 N–H and O–H groups in total. The average Bonchev–Trinajstić information content (AvgIpc) is 1.14. The van der Waals surface area contributed by atoms with Crippen molar-refractivity contribution in [1.29, 1.82) is 0 Å². The molecule has 0 fully saturated rings. The SMILES string of the molecule is CS(=O)(=O)NP(=O)(O)F. The predicted octanol–water partition coefficient (Wildman–Crippen LogP) is -0.394. The molecule has 0 aromatic heterocycles. The first-order valence-electron chi connectivity index (χ1n) is 1.72. The Morgan fingerprint density at radius 3 is 2.00 bits per heavy atom. The molecule has 5 nitrogen and oxygen atoms in total. The number of rotatable bonds is 2. The predicted molar refractivity (Wildman–Crippen MR) is 28.9 cm³/mol. The molecule has 0 saturated carbocycles. The monoisotopic (exact) mass is 177 g/mol. The molecule has 0 bridgehead atoms. The number of sulfonamides is 1. The minimum atomic E-state index is -5.13. The molecule has 0 aliphatic carbocycles. The minimum Gasteiger partial charge on any atom is -0.309 e. The van der Waals surface area contributed by atoms with Gasteiger partial charge in [-0.1, -0.05) is 0 Å². The standard InChI is InChI=1S/CH5FNO4PS/c1-9(6,7)3-8(2,4)5/h1H3,(H2,3,4,5). The van der Waals surface area contributed by atoms with E-state index in [9.17, 15) is 17.2 Å². The molecule has 1 unspecified atom stereocenters. The summed E-state index contributed by atoms with van der Waals surface area (Å²) in [4.78, 5) is 7.75. The topological polar surface area (TPSA) is 83.5 Å². The van der Waals surface area contributed by atoms with Crippen LogP contribution in [0.3, 0.4) is 0 Å². The summed E-state index contributed by atoms with van der Waals surface area (Å²) in [5.41, 5.74) is 0. The van der Waals surface area contributed by atoms with Gasteiger partial charge in [0.25, 0.3) is 0 Å². The first kappa shape index (κ1) is 9.03. The van der Waals surface area contributed by atoms with Gasteiger partial charge < -0.3 is 4.89 Å². The van der Waals surface area contributed by atoms with Gasteiger partial charge in [0.05, 0.1) is 6.26 Å². The molecule has 0 radical (unpaired) electrons. The largest absolute Gasteiger partial charge is 0.453 e. The van der Waals surface area contributed by atoms with E-state index in [0.717, 1.165) is 4.49 Å². The summed E-state index contributed by atoms with van der Waals surface area (Å²) in [6.07, 6.45) is 0.579. The van der Waals surface area contributed by atoms with Crippen molar-refractivity contribution >= 4 is 17.9 Å². The summed E-state index contributed by atoms with van der Waals surface area (Å²) < 4.78 is 41.9. The van der Waals surface area contributed by atoms with Crippen LogP contribution in [-0.4, -0.2) is 19.6 Å². The number of hydrogen-bond donors (Lipinski definition) is 2. The molecule has 0 aliphatic heterocycles. The highest BCUT2D eigenvalue weighted by Gasteiger charge is 2.20. The number of nitrogens with one attached hydrogen (secondary N) is 1. The van der Waals surface area contributed by atoms with E-state index in [1.54, 1.807) is 0 Å². The Balaban J connectivity index is 4.26. The van der Waals surface area contributed by atoms with Crippen molar-refractivity contribution in [2.45, 2.75) is 0 Å². The summed E-state index contributed by atoms with van der Waals surface area (Å²) in [5, 5.41) is 0. The Morgan fingerprint density at radius 1 is 1.67 bits per heavy atom. The lowest BCUT2D eigenvalue weighted by molar-refractivity contribution is 0.424. The molecule has 0 saturated heterocycles. The highest BCUT2D eigenvalue weighted by Crippen LogP contribution is 2.37. The van der Waals surface area contributed by atoms with E-state index in [0.29, 0.717) is 6.26 Å². The van der Waals surface area contributed by atoms with Gasteiger partial charge in [0, 0.05) is 0 Å². The second-order valence-electron chi connectivity index (χ2n) is 1.37. The summed E-state index contributed by atoms with van der Waals surface area (Å²) in [6.45, 7) is 0. The van der Waals surface area contributed by atoms with Crippen molar-refractivity contribution in [3.8, 4) is 0 Å². The quantitative estimate of drug-likeness (QED) is 0.562. The van der Waals surface area contributed by atoms with E-state index < -0.39 is 17.9 Å². The van der Waals surface area contributed by atoms with E-state index in [4.69, 9.17) is 4.89 Å².